The van der Waals surface area contributed by atoms with Crippen molar-refractivity contribution in [2.45, 2.75) is 26.5 Å². The van der Waals surface area contributed by atoms with Crippen LogP contribution in [0.3, 0.4) is 0 Å². The zero-order valence-electron chi connectivity index (χ0n) is 15.8. The van der Waals surface area contributed by atoms with Crippen molar-refractivity contribution in [1.29, 1.82) is 0 Å². The largest absolute Gasteiger partial charge is 0.489 e. The second kappa shape index (κ2) is 9.24. The SMILES string of the molecule is CC(C)NC(=O)c1ccnc(Nc2ccc(OCc3ccc(Cl)cc3)cc2)c1. The first-order valence-corrected chi connectivity index (χ1v) is 9.38. The van der Waals surface area contributed by atoms with E-state index in [2.05, 4.69) is 15.6 Å². The minimum atomic E-state index is -0.119. The molecule has 0 saturated heterocycles. The molecule has 0 saturated carbocycles. The number of aromatic nitrogens is 1. The van der Waals surface area contributed by atoms with E-state index in [0.29, 0.717) is 23.0 Å². The van der Waals surface area contributed by atoms with Crippen LogP contribution in [-0.2, 0) is 6.61 Å². The number of carbonyl (C=O) groups excluding carboxylic acids is 1. The summed E-state index contributed by atoms with van der Waals surface area (Å²) in [5, 5.41) is 6.78. The maximum Gasteiger partial charge on any atom is 0.251 e. The Bertz CT molecular complexity index is 925. The zero-order chi connectivity index (χ0) is 19.9. The van der Waals surface area contributed by atoms with E-state index in [4.69, 9.17) is 16.3 Å². The van der Waals surface area contributed by atoms with Crippen LogP contribution in [0, 0.1) is 0 Å². The molecule has 0 fully saturated rings. The summed E-state index contributed by atoms with van der Waals surface area (Å²) in [6.07, 6.45) is 1.61. The normalized spacial score (nSPS) is 10.6. The monoisotopic (exact) mass is 395 g/mol. The lowest BCUT2D eigenvalue weighted by atomic mass is 10.2. The van der Waals surface area contributed by atoms with E-state index in [1.165, 1.54) is 0 Å². The van der Waals surface area contributed by atoms with E-state index >= 15 is 0 Å². The Kier molecular flexibility index (Phi) is 6.50. The van der Waals surface area contributed by atoms with Crippen molar-refractivity contribution in [2.75, 3.05) is 5.32 Å². The summed E-state index contributed by atoms with van der Waals surface area (Å²) in [6.45, 7) is 4.32. The van der Waals surface area contributed by atoms with Crippen LogP contribution in [0.5, 0.6) is 5.75 Å². The molecule has 0 aliphatic rings. The molecule has 5 nitrogen and oxygen atoms in total. The van der Waals surface area contributed by atoms with Crippen LogP contribution in [0.1, 0.15) is 29.8 Å². The van der Waals surface area contributed by atoms with Crippen molar-refractivity contribution in [2.24, 2.45) is 0 Å². The highest BCUT2D eigenvalue weighted by Gasteiger charge is 2.08. The number of nitrogens with one attached hydrogen (secondary N) is 2. The van der Waals surface area contributed by atoms with E-state index in [1.807, 2.05) is 62.4 Å². The molecule has 0 unspecified atom stereocenters. The highest BCUT2D eigenvalue weighted by Crippen LogP contribution is 2.20. The minimum Gasteiger partial charge on any atom is -0.489 e. The van der Waals surface area contributed by atoms with Crippen LogP contribution in [0.4, 0.5) is 11.5 Å². The van der Waals surface area contributed by atoms with Gasteiger partial charge in [-0.15, -0.1) is 0 Å². The Morgan fingerprint density at radius 3 is 2.46 bits per heavy atom. The number of halogens is 1. The number of hydrogen-bond donors (Lipinski definition) is 2. The molecule has 1 aromatic heterocycles. The molecule has 0 spiro atoms. The number of nitrogens with zero attached hydrogens (tertiary/aromatic N) is 1. The molecule has 28 heavy (non-hydrogen) atoms. The van der Waals surface area contributed by atoms with Crippen molar-refractivity contribution in [1.82, 2.24) is 10.3 Å². The molecule has 144 valence electrons. The van der Waals surface area contributed by atoms with Gasteiger partial charge in [0.25, 0.3) is 5.91 Å². The predicted octanol–water partition coefficient (Wildman–Crippen LogP) is 5.20. The molecule has 3 rings (SSSR count). The fourth-order valence-electron chi connectivity index (χ4n) is 2.52. The summed E-state index contributed by atoms with van der Waals surface area (Å²) in [5.41, 5.74) is 2.47. The topological polar surface area (TPSA) is 63.2 Å². The number of rotatable bonds is 7. The molecule has 0 atom stereocenters. The van der Waals surface area contributed by atoms with E-state index in [-0.39, 0.29) is 11.9 Å². The standard InChI is InChI=1S/C22H22ClN3O2/c1-15(2)25-22(27)17-11-12-24-21(13-17)26-19-7-9-20(10-8-19)28-14-16-3-5-18(23)6-4-16/h3-13,15H,14H2,1-2H3,(H,24,26)(H,25,27). The number of hydrogen-bond acceptors (Lipinski definition) is 4. The van der Waals surface area contributed by atoms with Crippen LogP contribution < -0.4 is 15.4 Å². The van der Waals surface area contributed by atoms with Gasteiger partial charge in [0.05, 0.1) is 0 Å². The lowest BCUT2D eigenvalue weighted by molar-refractivity contribution is 0.0943. The number of anilines is 2. The second-order valence-corrected chi connectivity index (χ2v) is 7.06. The summed E-state index contributed by atoms with van der Waals surface area (Å²) >= 11 is 5.89. The van der Waals surface area contributed by atoms with Gasteiger partial charge in [-0.05, 0) is 67.9 Å². The van der Waals surface area contributed by atoms with Crippen molar-refractivity contribution < 1.29 is 9.53 Å². The Hall–Kier alpha value is -3.05. The fraction of sp³-hybridized carbons (Fsp3) is 0.182. The third-order valence-electron chi connectivity index (χ3n) is 3.89. The lowest BCUT2D eigenvalue weighted by Gasteiger charge is -2.11. The summed E-state index contributed by atoms with van der Waals surface area (Å²) < 4.78 is 5.79. The number of carbonyl (C=O) groups is 1. The van der Waals surface area contributed by atoms with Crippen LogP contribution >= 0.6 is 11.6 Å². The minimum absolute atomic E-state index is 0.0810. The van der Waals surface area contributed by atoms with Crippen LogP contribution in [0.15, 0.2) is 66.9 Å². The van der Waals surface area contributed by atoms with Crippen molar-refractivity contribution in [3.05, 3.63) is 83.0 Å². The first-order chi connectivity index (χ1) is 13.5. The zero-order valence-corrected chi connectivity index (χ0v) is 16.5. The third-order valence-corrected chi connectivity index (χ3v) is 4.14. The van der Waals surface area contributed by atoms with Gasteiger partial charge in [0, 0.05) is 28.5 Å². The lowest BCUT2D eigenvalue weighted by Crippen LogP contribution is -2.30. The van der Waals surface area contributed by atoms with Gasteiger partial charge in [0.1, 0.15) is 18.2 Å². The van der Waals surface area contributed by atoms with Gasteiger partial charge < -0.3 is 15.4 Å². The summed E-state index contributed by atoms with van der Waals surface area (Å²) in [5.74, 6) is 1.25. The van der Waals surface area contributed by atoms with Crippen LogP contribution in [-0.4, -0.2) is 16.9 Å². The van der Waals surface area contributed by atoms with Gasteiger partial charge in [-0.1, -0.05) is 23.7 Å². The molecule has 0 aliphatic heterocycles. The molecule has 1 heterocycles. The number of ether oxygens (including phenoxy) is 1. The fourth-order valence-corrected chi connectivity index (χ4v) is 2.64. The van der Waals surface area contributed by atoms with Gasteiger partial charge in [0.2, 0.25) is 0 Å². The Balaban J connectivity index is 1.59. The average Bonchev–Trinajstić information content (AvgIpc) is 2.68. The number of benzene rings is 2. The van der Waals surface area contributed by atoms with E-state index < -0.39 is 0 Å². The molecule has 2 N–H and O–H groups in total. The van der Waals surface area contributed by atoms with Crippen molar-refractivity contribution in [3.63, 3.8) is 0 Å². The third kappa shape index (κ3) is 5.72. The van der Waals surface area contributed by atoms with Gasteiger partial charge in [0.15, 0.2) is 0 Å². The Morgan fingerprint density at radius 1 is 1.07 bits per heavy atom. The predicted molar refractivity (Wildman–Crippen MR) is 112 cm³/mol. The first kappa shape index (κ1) is 19.7. The molecule has 6 heteroatoms. The van der Waals surface area contributed by atoms with Crippen LogP contribution in [0.2, 0.25) is 5.02 Å². The van der Waals surface area contributed by atoms with Crippen molar-refractivity contribution >= 4 is 29.0 Å². The Labute approximate surface area is 169 Å². The van der Waals surface area contributed by atoms with Gasteiger partial charge in [-0.2, -0.15) is 0 Å². The molecule has 1 amide bonds. The van der Waals surface area contributed by atoms with E-state index in [9.17, 15) is 4.79 Å². The molecular formula is C22H22ClN3O2. The van der Waals surface area contributed by atoms with Crippen molar-refractivity contribution in [3.8, 4) is 5.75 Å². The number of amides is 1. The molecule has 0 radical (unpaired) electrons. The summed E-state index contributed by atoms with van der Waals surface area (Å²) in [6, 6.07) is 18.6. The van der Waals surface area contributed by atoms with Crippen LogP contribution in [0.25, 0.3) is 0 Å². The quantitative estimate of drug-likeness (QED) is 0.577. The highest BCUT2D eigenvalue weighted by atomic mass is 35.5. The molecule has 0 aliphatic carbocycles. The summed E-state index contributed by atoms with van der Waals surface area (Å²) in [4.78, 5) is 16.4. The highest BCUT2D eigenvalue weighted by molar-refractivity contribution is 6.30. The summed E-state index contributed by atoms with van der Waals surface area (Å²) in [7, 11) is 0. The van der Waals surface area contributed by atoms with E-state index in [1.54, 1.807) is 18.3 Å². The Morgan fingerprint density at radius 2 is 1.79 bits per heavy atom. The maximum absolute atomic E-state index is 12.1. The smallest absolute Gasteiger partial charge is 0.251 e. The average molecular weight is 396 g/mol. The number of pyridine rings is 1. The molecular weight excluding hydrogens is 374 g/mol. The molecule has 3 aromatic rings. The van der Waals surface area contributed by atoms with E-state index in [0.717, 1.165) is 17.0 Å². The first-order valence-electron chi connectivity index (χ1n) is 9.01. The van der Waals surface area contributed by atoms with Gasteiger partial charge in [-0.3, -0.25) is 4.79 Å². The maximum atomic E-state index is 12.1. The molecule has 0 bridgehead atoms. The molecule has 2 aromatic carbocycles. The van der Waals surface area contributed by atoms with Gasteiger partial charge >= 0.3 is 0 Å². The van der Waals surface area contributed by atoms with Gasteiger partial charge in [-0.25, -0.2) is 4.98 Å². The second-order valence-electron chi connectivity index (χ2n) is 6.62.